The van der Waals surface area contributed by atoms with Gasteiger partial charge in [0.2, 0.25) is 0 Å². The zero-order chi connectivity index (χ0) is 19.6. The summed E-state index contributed by atoms with van der Waals surface area (Å²) in [5.74, 6) is -0.0543. The molecule has 1 aliphatic carbocycles. The summed E-state index contributed by atoms with van der Waals surface area (Å²) < 4.78 is 0. The van der Waals surface area contributed by atoms with Crippen molar-refractivity contribution in [3.8, 4) is 0 Å². The van der Waals surface area contributed by atoms with Crippen LogP contribution in [0.4, 0.5) is 0 Å². The second kappa shape index (κ2) is 11.5. The summed E-state index contributed by atoms with van der Waals surface area (Å²) in [5.41, 5.74) is -0.130. The Morgan fingerprint density at radius 1 is 1.23 bits per heavy atom. The van der Waals surface area contributed by atoms with E-state index in [1.165, 1.54) is 0 Å². The first-order chi connectivity index (χ1) is 12.3. The number of allylic oxidation sites excluding steroid dienone is 1. The summed E-state index contributed by atoms with van der Waals surface area (Å²) >= 11 is 0. The highest BCUT2D eigenvalue weighted by Gasteiger charge is 2.33. The van der Waals surface area contributed by atoms with Gasteiger partial charge in [-0.2, -0.15) is 0 Å². The lowest BCUT2D eigenvalue weighted by molar-refractivity contribution is -0.137. The average Bonchev–Trinajstić information content (AvgIpc) is 2.93. The van der Waals surface area contributed by atoms with Gasteiger partial charge in [0.15, 0.2) is 0 Å². The molecular formula is C22H38O4. The molecule has 0 bridgehead atoms. The van der Waals surface area contributed by atoms with Crippen LogP contribution >= 0.6 is 0 Å². The standard InChI is InChI=1S/C22H38O4/c1-4-5-16-22(2,3)20(24)15-13-17-12-14-19(23)18(17)10-8-6-7-9-11-21(25)26/h13,15,17-18,20,24H,4-12,14,16H2,1-3H3,(H,25,26). The fourth-order valence-electron chi connectivity index (χ4n) is 3.82. The molecule has 3 unspecified atom stereocenters. The van der Waals surface area contributed by atoms with Gasteiger partial charge in [0.1, 0.15) is 5.78 Å². The van der Waals surface area contributed by atoms with Gasteiger partial charge in [0, 0.05) is 18.8 Å². The van der Waals surface area contributed by atoms with Gasteiger partial charge in [-0.25, -0.2) is 0 Å². The molecule has 0 amide bonds. The van der Waals surface area contributed by atoms with Crippen molar-refractivity contribution in [2.24, 2.45) is 17.3 Å². The van der Waals surface area contributed by atoms with Crippen LogP contribution < -0.4 is 0 Å². The van der Waals surface area contributed by atoms with E-state index in [0.717, 1.165) is 57.8 Å². The van der Waals surface area contributed by atoms with Crippen molar-refractivity contribution >= 4 is 11.8 Å². The Morgan fingerprint density at radius 3 is 2.58 bits per heavy atom. The van der Waals surface area contributed by atoms with Crippen LogP contribution in [0.1, 0.15) is 91.4 Å². The molecule has 0 saturated heterocycles. The fraction of sp³-hybridized carbons (Fsp3) is 0.818. The first-order valence-electron chi connectivity index (χ1n) is 10.4. The van der Waals surface area contributed by atoms with Gasteiger partial charge in [-0.1, -0.05) is 65.0 Å². The molecule has 0 aromatic heterocycles. The van der Waals surface area contributed by atoms with Crippen molar-refractivity contribution in [3.05, 3.63) is 12.2 Å². The third-order valence-electron chi connectivity index (χ3n) is 5.83. The number of carbonyl (C=O) groups is 2. The molecular weight excluding hydrogens is 328 g/mol. The lowest BCUT2D eigenvalue weighted by Gasteiger charge is -2.29. The summed E-state index contributed by atoms with van der Waals surface area (Å²) in [6.07, 6.45) is 13.0. The normalized spacial score (nSPS) is 22.2. The van der Waals surface area contributed by atoms with Crippen LogP contribution in [0.25, 0.3) is 0 Å². The molecule has 26 heavy (non-hydrogen) atoms. The maximum Gasteiger partial charge on any atom is 0.303 e. The van der Waals surface area contributed by atoms with E-state index in [-0.39, 0.29) is 23.7 Å². The number of aliphatic hydroxyl groups excluding tert-OH is 1. The van der Waals surface area contributed by atoms with Crippen molar-refractivity contribution in [2.45, 2.75) is 97.5 Å². The van der Waals surface area contributed by atoms with Gasteiger partial charge in [-0.3, -0.25) is 9.59 Å². The Balaban J connectivity index is 2.44. The SMILES string of the molecule is CCCCC(C)(C)C(O)C=CC1CCC(=O)C1CCCCCCC(=O)O. The molecule has 0 spiro atoms. The van der Waals surface area contributed by atoms with Gasteiger partial charge < -0.3 is 10.2 Å². The molecule has 1 aliphatic rings. The van der Waals surface area contributed by atoms with Crippen molar-refractivity contribution in [1.29, 1.82) is 0 Å². The number of unbranched alkanes of at least 4 members (excludes halogenated alkanes) is 4. The minimum Gasteiger partial charge on any atom is -0.481 e. The van der Waals surface area contributed by atoms with Crippen molar-refractivity contribution in [1.82, 2.24) is 0 Å². The maximum absolute atomic E-state index is 12.2. The minimum absolute atomic E-state index is 0.0803. The molecule has 0 radical (unpaired) electrons. The summed E-state index contributed by atoms with van der Waals surface area (Å²) in [7, 11) is 0. The molecule has 0 aliphatic heterocycles. The average molecular weight is 367 g/mol. The zero-order valence-corrected chi connectivity index (χ0v) is 16.9. The maximum atomic E-state index is 12.2. The predicted molar refractivity (Wildman–Crippen MR) is 105 cm³/mol. The summed E-state index contributed by atoms with van der Waals surface area (Å²) in [5, 5.41) is 19.2. The Morgan fingerprint density at radius 2 is 1.92 bits per heavy atom. The predicted octanol–water partition coefficient (Wildman–Crippen LogP) is 5.14. The van der Waals surface area contributed by atoms with E-state index < -0.39 is 12.1 Å². The van der Waals surface area contributed by atoms with Crippen LogP contribution in [-0.4, -0.2) is 28.1 Å². The first-order valence-corrected chi connectivity index (χ1v) is 10.4. The van der Waals surface area contributed by atoms with Gasteiger partial charge in [0.25, 0.3) is 0 Å². The van der Waals surface area contributed by atoms with Crippen LogP contribution in [0.3, 0.4) is 0 Å². The van der Waals surface area contributed by atoms with E-state index in [9.17, 15) is 14.7 Å². The van der Waals surface area contributed by atoms with Gasteiger partial charge in [-0.05, 0) is 37.0 Å². The Bertz CT molecular complexity index is 467. The van der Waals surface area contributed by atoms with E-state index >= 15 is 0 Å². The van der Waals surface area contributed by atoms with E-state index in [0.29, 0.717) is 12.2 Å². The Kier molecular flexibility index (Phi) is 10.1. The number of carboxylic acid groups (broad SMARTS) is 1. The Labute approximate surface area is 159 Å². The highest BCUT2D eigenvalue weighted by molar-refractivity contribution is 5.83. The quantitative estimate of drug-likeness (QED) is 0.349. The monoisotopic (exact) mass is 366 g/mol. The molecule has 4 heteroatoms. The third-order valence-corrected chi connectivity index (χ3v) is 5.83. The summed E-state index contributed by atoms with van der Waals surface area (Å²) in [6, 6.07) is 0. The number of hydrogen-bond acceptors (Lipinski definition) is 3. The lowest BCUT2D eigenvalue weighted by atomic mass is 9.80. The highest BCUT2D eigenvalue weighted by Crippen LogP contribution is 2.35. The molecule has 3 atom stereocenters. The van der Waals surface area contributed by atoms with Crippen molar-refractivity contribution in [2.75, 3.05) is 0 Å². The van der Waals surface area contributed by atoms with Gasteiger partial charge in [0.05, 0.1) is 6.10 Å². The molecule has 4 nitrogen and oxygen atoms in total. The van der Waals surface area contributed by atoms with Crippen LogP contribution in [-0.2, 0) is 9.59 Å². The number of ketones is 1. The van der Waals surface area contributed by atoms with Crippen LogP contribution in [0.2, 0.25) is 0 Å². The second-order valence-electron chi connectivity index (χ2n) is 8.54. The largest absolute Gasteiger partial charge is 0.481 e. The smallest absolute Gasteiger partial charge is 0.303 e. The first kappa shape index (κ1) is 22.9. The van der Waals surface area contributed by atoms with Crippen LogP contribution in [0.5, 0.6) is 0 Å². The van der Waals surface area contributed by atoms with E-state index in [4.69, 9.17) is 5.11 Å². The van der Waals surface area contributed by atoms with E-state index in [1.54, 1.807) is 0 Å². The van der Waals surface area contributed by atoms with E-state index in [2.05, 4.69) is 26.8 Å². The van der Waals surface area contributed by atoms with Gasteiger partial charge in [-0.15, -0.1) is 0 Å². The topological polar surface area (TPSA) is 74.6 Å². The fourth-order valence-corrected chi connectivity index (χ4v) is 3.82. The molecule has 2 N–H and O–H groups in total. The molecule has 0 aromatic carbocycles. The number of hydrogen-bond donors (Lipinski definition) is 2. The molecule has 1 saturated carbocycles. The number of aliphatic carboxylic acids is 1. The number of carboxylic acids is 1. The van der Waals surface area contributed by atoms with Crippen molar-refractivity contribution < 1.29 is 19.8 Å². The van der Waals surface area contributed by atoms with Crippen LogP contribution in [0, 0.1) is 17.3 Å². The summed E-state index contributed by atoms with van der Waals surface area (Å²) in [4.78, 5) is 22.7. The zero-order valence-electron chi connectivity index (χ0n) is 16.9. The second-order valence-corrected chi connectivity index (χ2v) is 8.54. The molecule has 150 valence electrons. The van der Waals surface area contributed by atoms with Crippen LogP contribution in [0.15, 0.2) is 12.2 Å². The number of carbonyl (C=O) groups excluding carboxylic acids is 1. The lowest BCUT2D eigenvalue weighted by Crippen LogP contribution is -2.27. The van der Waals surface area contributed by atoms with E-state index in [1.807, 2.05) is 6.08 Å². The number of rotatable bonds is 13. The number of Topliss-reactive ketones (excluding diaryl/α,β-unsaturated/α-hetero) is 1. The van der Waals surface area contributed by atoms with Crippen molar-refractivity contribution in [3.63, 3.8) is 0 Å². The highest BCUT2D eigenvalue weighted by atomic mass is 16.4. The van der Waals surface area contributed by atoms with Gasteiger partial charge >= 0.3 is 5.97 Å². The molecule has 1 fully saturated rings. The number of aliphatic hydroxyl groups is 1. The summed E-state index contributed by atoms with van der Waals surface area (Å²) in [6.45, 7) is 6.37. The Hall–Kier alpha value is -1.16. The molecule has 0 heterocycles. The third kappa shape index (κ3) is 8.03. The minimum atomic E-state index is -0.735. The molecule has 1 rings (SSSR count). The molecule has 0 aromatic rings.